The predicted molar refractivity (Wildman–Crippen MR) is 95.3 cm³/mol. The predicted octanol–water partition coefficient (Wildman–Crippen LogP) is 2.77. The van der Waals surface area contributed by atoms with Crippen molar-refractivity contribution in [3.8, 4) is 0 Å². The summed E-state index contributed by atoms with van der Waals surface area (Å²) in [5.41, 5.74) is 1.31. The number of piperazine rings is 1. The van der Waals surface area contributed by atoms with Crippen LogP contribution >= 0.6 is 11.6 Å². The van der Waals surface area contributed by atoms with E-state index >= 15 is 0 Å². The number of anilines is 2. The Morgan fingerprint density at radius 1 is 0.960 bits per heavy atom. The van der Waals surface area contributed by atoms with Gasteiger partial charge in [-0.15, -0.1) is 0 Å². The van der Waals surface area contributed by atoms with Gasteiger partial charge in [0.15, 0.2) is 0 Å². The zero-order valence-electron chi connectivity index (χ0n) is 13.4. The number of nitrogens with zero attached hydrogens (tertiary/aromatic N) is 2. The van der Waals surface area contributed by atoms with Crippen molar-refractivity contribution in [2.75, 3.05) is 36.4 Å². The Hall–Kier alpha value is -2.60. The van der Waals surface area contributed by atoms with Crippen molar-refractivity contribution in [2.24, 2.45) is 0 Å². The van der Waals surface area contributed by atoms with Crippen LogP contribution in [0.4, 0.5) is 15.8 Å². The van der Waals surface area contributed by atoms with Gasteiger partial charge in [0, 0.05) is 31.9 Å². The van der Waals surface area contributed by atoms with E-state index in [2.05, 4.69) is 10.2 Å². The highest BCUT2D eigenvalue weighted by atomic mass is 35.5. The fraction of sp³-hybridized carbons (Fsp3) is 0.222. The first kappa shape index (κ1) is 17.2. The van der Waals surface area contributed by atoms with E-state index in [1.54, 1.807) is 36.4 Å². The van der Waals surface area contributed by atoms with Gasteiger partial charge in [-0.3, -0.25) is 9.59 Å². The number of rotatable bonds is 2. The highest BCUT2D eigenvalue weighted by molar-refractivity contribution is 6.41. The van der Waals surface area contributed by atoms with Crippen LogP contribution in [-0.4, -0.2) is 42.9 Å². The Balaban J connectivity index is 1.57. The second-order valence-electron chi connectivity index (χ2n) is 5.69. The minimum Gasteiger partial charge on any atom is -0.368 e. The van der Waals surface area contributed by atoms with Gasteiger partial charge in [-0.1, -0.05) is 23.7 Å². The molecule has 0 spiro atoms. The van der Waals surface area contributed by atoms with Crippen molar-refractivity contribution in [3.05, 3.63) is 59.4 Å². The smallest absolute Gasteiger partial charge is 0.313 e. The molecule has 1 fully saturated rings. The van der Waals surface area contributed by atoms with Crippen LogP contribution in [0.25, 0.3) is 0 Å². The molecule has 0 aromatic heterocycles. The molecule has 25 heavy (non-hydrogen) atoms. The molecule has 0 atom stereocenters. The van der Waals surface area contributed by atoms with E-state index in [-0.39, 0.29) is 5.82 Å². The number of halogens is 2. The van der Waals surface area contributed by atoms with Gasteiger partial charge in [-0.25, -0.2) is 4.39 Å². The molecular formula is C18H17ClFN3O2. The SMILES string of the molecule is O=C(Nc1ccccc1Cl)C(=O)N1CCN(c2ccc(F)cc2)CC1. The highest BCUT2D eigenvalue weighted by Crippen LogP contribution is 2.21. The molecule has 1 saturated heterocycles. The molecule has 2 aromatic carbocycles. The van der Waals surface area contributed by atoms with Crippen molar-refractivity contribution in [1.29, 1.82) is 0 Å². The normalized spacial score (nSPS) is 14.3. The van der Waals surface area contributed by atoms with E-state index in [0.29, 0.717) is 36.9 Å². The largest absolute Gasteiger partial charge is 0.368 e. The van der Waals surface area contributed by atoms with Crippen LogP contribution in [0.1, 0.15) is 0 Å². The van der Waals surface area contributed by atoms with E-state index in [4.69, 9.17) is 11.6 Å². The number of hydrogen-bond donors (Lipinski definition) is 1. The third-order valence-electron chi connectivity index (χ3n) is 4.07. The van der Waals surface area contributed by atoms with Gasteiger partial charge in [-0.2, -0.15) is 0 Å². The molecule has 0 unspecified atom stereocenters. The second kappa shape index (κ2) is 7.53. The Bertz CT molecular complexity index is 774. The topological polar surface area (TPSA) is 52.7 Å². The maximum absolute atomic E-state index is 13.0. The van der Waals surface area contributed by atoms with Crippen LogP contribution in [0.15, 0.2) is 48.5 Å². The molecule has 1 heterocycles. The minimum absolute atomic E-state index is 0.284. The van der Waals surface area contributed by atoms with Crippen LogP contribution in [0.5, 0.6) is 0 Å². The van der Waals surface area contributed by atoms with Crippen molar-refractivity contribution >= 4 is 34.8 Å². The summed E-state index contributed by atoms with van der Waals surface area (Å²) in [5.74, 6) is -1.57. The minimum atomic E-state index is -0.705. The first-order chi connectivity index (χ1) is 12.0. The van der Waals surface area contributed by atoms with E-state index < -0.39 is 11.8 Å². The molecule has 5 nitrogen and oxygen atoms in total. The first-order valence-corrected chi connectivity index (χ1v) is 8.28. The molecule has 2 aromatic rings. The van der Waals surface area contributed by atoms with Gasteiger partial charge in [-0.05, 0) is 36.4 Å². The molecule has 0 aliphatic carbocycles. The molecule has 1 N–H and O–H groups in total. The molecule has 0 bridgehead atoms. The van der Waals surface area contributed by atoms with Gasteiger partial charge in [0.25, 0.3) is 0 Å². The summed E-state index contributed by atoms with van der Waals surface area (Å²) in [4.78, 5) is 28.0. The molecule has 130 valence electrons. The molecule has 0 radical (unpaired) electrons. The maximum atomic E-state index is 13.0. The Kier molecular flexibility index (Phi) is 5.19. The number of benzene rings is 2. The fourth-order valence-corrected chi connectivity index (χ4v) is 2.88. The molecule has 3 rings (SSSR count). The number of nitrogens with one attached hydrogen (secondary N) is 1. The van der Waals surface area contributed by atoms with Crippen molar-refractivity contribution < 1.29 is 14.0 Å². The van der Waals surface area contributed by atoms with E-state index in [9.17, 15) is 14.0 Å². The quantitative estimate of drug-likeness (QED) is 0.837. The van der Waals surface area contributed by atoms with E-state index in [1.807, 2.05) is 0 Å². The average Bonchev–Trinajstić information content (AvgIpc) is 2.64. The van der Waals surface area contributed by atoms with E-state index in [0.717, 1.165) is 5.69 Å². The third-order valence-corrected chi connectivity index (χ3v) is 4.40. The van der Waals surface area contributed by atoms with Gasteiger partial charge in [0.2, 0.25) is 0 Å². The fourth-order valence-electron chi connectivity index (χ4n) is 2.70. The maximum Gasteiger partial charge on any atom is 0.313 e. The zero-order chi connectivity index (χ0) is 17.8. The lowest BCUT2D eigenvalue weighted by Gasteiger charge is -2.35. The van der Waals surface area contributed by atoms with Crippen LogP contribution in [0.2, 0.25) is 5.02 Å². The highest BCUT2D eigenvalue weighted by Gasteiger charge is 2.26. The van der Waals surface area contributed by atoms with Crippen LogP contribution in [-0.2, 0) is 9.59 Å². The number of para-hydroxylation sites is 1. The number of carbonyl (C=O) groups is 2. The Morgan fingerprint density at radius 2 is 1.60 bits per heavy atom. The first-order valence-electron chi connectivity index (χ1n) is 7.90. The zero-order valence-corrected chi connectivity index (χ0v) is 14.2. The second-order valence-corrected chi connectivity index (χ2v) is 6.10. The average molecular weight is 362 g/mol. The lowest BCUT2D eigenvalue weighted by Crippen LogP contribution is -2.51. The molecule has 2 amide bonds. The third kappa shape index (κ3) is 4.09. The van der Waals surface area contributed by atoms with Crippen molar-refractivity contribution in [1.82, 2.24) is 4.90 Å². The van der Waals surface area contributed by atoms with Crippen LogP contribution in [0, 0.1) is 5.82 Å². The standard InChI is InChI=1S/C18H17ClFN3O2/c19-15-3-1-2-4-16(15)21-17(24)18(25)23-11-9-22(10-12-23)14-7-5-13(20)6-8-14/h1-8H,9-12H2,(H,21,24). The van der Waals surface area contributed by atoms with Gasteiger partial charge in [0.05, 0.1) is 10.7 Å². The molecule has 0 saturated carbocycles. The molecule has 7 heteroatoms. The van der Waals surface area contributed by atoms with Crippen LogP contribution < -0.4 is 10.2 Å². The van der Waals surface area contributed by atoms with Crippen LogP contribution in [0.3, 0.4) is 0 Å². The lowest BCUT2D eigenvalue weighted by atomic mass is 10.2. The number of hydrogen-bond acceptors (Lipinski definition) is 3. The summed E-state index contributed by atoms with van der Waals surface area (Å²) < 4.78 is 13.0. The summed E-state index contributed by atoms with van der Waals surface area (Å²) in [7, 11) is 0. The Labute approximate surface area is 150 Å². The van der Waals surface area contributed by atoms with Crippen molar-refractivity contribution in [3.63, 3.8) is 0 Å². The van der Waals surface area contributed by atoms with E-state index in [1.165, 1.54) is 17.0 Å². The van der Waals surface area contributed by atoms with Gasteiger partial charge < -0.3 is 15.1 Å². The van der Waals surface area contributed by atoms with Gasteiger partial charge in [0.1, 0.15) is 5.82 Å². The number of amides is 2. The van der Waals surface area contributed by atoms with Gasteiger partial charge >= 0.3 is 11.8 Å². The number of carbonyl (C=O) groups excluding carboxylic acids is 2. The molecule has 1 aliphatic heterocycles. The van der Waals surface area contributed by atoms with Crippen molar-refractivity contribution in [2.45, 2.75) is 0 Å². The summed E-state index contributed by atoms with van der Waals surface area (Å²) in [6.07, 6.45) is 0. The molecular weight excluding hydrogens is 345 g/mol. The molecule has 1 aliphatic rings. The summed E-state index contributed by atoms with van der Waals surface area (Å²) in [6.45, 7) is 2.01. The summed E-state index contributed by atoms with van der Waals surface area (Å²) >= 11 is 5.98. The summed E-state index contributed by atoms with van der Waals surface area (Å²) in [5, 5.41) is 2.92. The monoisotopic (exact) mass is 361 g/mol. The summed E-state index contributed by atoms with van der Waals surface area (Å²) in [6, 6.07) is 13.0. The lowest BCUT2D eigenvalue weighted by molar-refractivity contribution is -0.143. The Morgan fingerprint density at radius 3 is 2.24 bits per heavy atom.